The molecule has 0 saturated carbocycles. The smallest absolute Gasteiger partial charge is 0.164 e. The fraction of sp³-hybridized carbons (Fsp3) is 0.333. The highest BCUT2D eigenvalue weighted by Crippen LogP contribution is 2.35. The van der Waals surface area contributed by atoms with Gasteiger partial charge in [0.05, 0.1) is 17.7 Å². The highest BCUT2D eigenvalue weighted by molar-refractivity contribution is 5.91. The van der Waals surface area contributed by atoms with Gasteiger partial charge in [-0.2, -0.15) is 0 Å². The molecule has 0 spiro atoms. The third kappa shape index (κ3) is 2.13. The molecule has 4 atom stereocenters. The van der Waals surface area contributed by atoms with Crippen molar-refractivity contribution in [3.63, 3.8) is 0 Å². The molecular weight excluding hydrogens is 319 g/mol. The number of hydrogen-bond donors (Lipinski definition) is 4. The quantitative estimate of drug-likeness (QED) is 0.543. The van der Waals surface area contributed by atoms with E-state index in [9.17, 15) is 19.7 Å². The van der Waals surface area contributed by atoms with Crippen molar-refractivity contribution in [2.75, 3.05) is 6.61 Å². The Morgan fingerprint density at radius 3 is 2.79 bits per heavy atom. The van der Waals surface area contributed by atoms with Crippen molar-refractivity contribution in [3.05, 3.63) is 36.8 Å². The minimum Gasteiger partial charge on any atom is -0.394 e. The van der Waals surface area contributed by atoms with Crippen molar-refractivity contribution < 1.29 is 24.4 Å². The summed E-state index contributed by atoms with van der Waals surface area (Å²) in [5.74, 6) is -0.570. The average molecular weight is 334 g/mol. The molecule has 3 aromatic heterocycles. The van der Waals surface area contributed by atoms with E-state index in [0.29, 0.717) is 11.3 Å². The lowest BCUT2D eigenvalue weighted by Crippen LogP contribution is -2.33. The van der Waals surface area contributed by atoms with E-state index in [1.165, 1.54) is 10.9 Å². The lowest BCUT2D eigenvalue weighted by atomic mass is 10.1. The van der Waals surface area contributed by atoms with Crippen molar-refractivity contribution in [2.24, 2.45) is 0 Å². The van der Waals surface area contributed by atoms with Gasteiger partial charge in [-0.25, -0.2) is 14.4 Å². The molecule has 4 rings (SSSR count). The third-order valence-corrected chi connectivity index (χ3v) is 4.23. The molecule has 0 aliphatic carbocycles. The van der Waals surface area contributed by atoms with Crippen LogP contribution in [0.25, 0.3) is 22.3 Å². The van der Waals surface area contributed by atoms with E-state index in [1.807, 2.05) is 0 Å². The predicted octanol–water partition coefficient (Wildman–Crippen LogP) is 0.177. The van der Waals surface area contributed by atoms with Crippen molar-refractivity contribution in [3.8, 4) is 11.3 Å². The number of aliphatic hydroxyl groups is 3. The van der Waals surface area contributed by atoms with Crippen LogP contribution in [-0.4, -0.2) is 59.8 Å². The van der Waals surface area contributed by atoms with E-state index in [2.05, 4.69) is 15.0 Å². The van der Waals surface area contributed by atoms with Crippen LogP contribution in [0.1, 0.15) is 6.23 Å². The molecule has 1 unspecified atom stereocenters. The maximum Gasteiger partial charge on any atom is 0.164 e. The summed E-state index contributed by atoms with van der Waals surface area (Å²) in [6.07, 6.45) is 1.23. The highest BCUT2D eigenvalue weighted by Gasteiger charge is 2.44. The van der Waals surface area contributed by atoms with Crippen LogP contribution < -0.4 is 0 Å². The summed E-state index contributed by atoms with van der Waals surface area (Å²) in [6.45, 7) is -0.458. The molecule has 24 heavy (non-hydrogen) atoms. The number of nitrogens with one attached hydrogen (secondary N) is 1. The molecule has 0 aromatic carbocycles. The molecule has 0 amide bonds. The first kappa shape index (κ1) is 15.2. The number of aromatic amines is 1. The van der Waals surface area contributed by atoms with E-state index in [1.54, 1.807) is 18.5 Å². The summed E-state index contributed by atoms with van der Waals surface area (Å²) in [5.41, 5.74) is 1.33. The fourth-order valence-corrected chi connectivity index (χ4v) is 3.03. The predicted molar refractivity (Wildman–Crippen MR) is 80.3 cm³/mol. The Balaban J connectivity index is 1.86. The number of rotatable bonds is 3. The molecule has 1 fully saturated rings. The molecule has 1 aliphatic heterocycles. The van der Waals surface area contributed by atoms with Gasteiger partial charge in [-0.1, -0.05) is 0 Å². The van der Waals surface area contributed by atoms with E-state index < -0.39 is 37.0 Å². The van der Waals surface area contributed by atoms with E-state index in [4.69, 9.17) is 4.74 Å². The summed E-state index contributed by atoms with van der Waals surface area (Å²) in [7, 11) is 0. The fourth-order valence-electron chi connectivity index (χ4n) is 3.03. The van der Waals surface area contributed by atoms with Crippen LogP contribution in [0.2, 0.25) is 0 Å². The van der Waals surface area contributed by atoms with Gasteiger partial charge in [0.25, 0.3) is 0 Å². The zero-order chi connectivity index (χ0) is 16.8. The monoisotopic (exact) mass is 334 g/mol. The van der Waals surface area contributed by atoms with Crippen LogP contribution in [0.3, 0.4) is 0 Å². The molecule has 1 saturated heterocycles. The molecule has 0 bridgehead atoms. The van der Waals surface area contributed by atoms with E-state index in [-0.39, 0.29) is 11.0 Å². The van der Waals surface area contributed by atoms with Crippen LogP contribution in [0.4, 0.5) is 4.39 Å². The molecule has 9 heteroatoms. The molecule has 126 valence electrons. The van der Waals surface area contributed by atoms with Gasteiger partial charge < -0.3 is 29.6 Å². The Hall–Kier alpha value is -2.33. The number of fused-ring (bicyclic) bond motifs is 1. The zero-order valence-electron chi connectivity index (χ0n) is 12.4. The van der Waals surface area contributed by atoms with Gasteiger partial charge in [-0.15, -0.1) is 0 Å². The van der Waals surface area contributed by atoms with Crippen LogP contribution in [0, 0.1) is 5.82 Å². The van der Waals surface area contributed by atoms with Gasteiger partial charge in [0.15, 0.2) is 12.0 Å². The minimum absolute atomic E-state index is 0.190. The van der Waals surface area contributed by atoms with Crippen molar-refractivity contribution in [2.45, 2.75) is 24.5 Å². The molecule has 1 aliphatic rings. The Morgan fingerprint density at radius 1 is 1.29 bits per heavy atom. The standard InChI is InChI=1S/C15H15FN4O4/c16-8-4-20(15-13(23)12(22)9(5-21)24-15)14-10(8)11(18-6-19-14)7-1-2-17-3-7/h1-4,6,9,12-13,15,17,21-23H,5H2/t9-,12?,13+,15-/m1/s1. The van der Waals surface area contributed by atoms with E-state index in [0.717, 1.165) is 6.20 Å². The van der Waals surface area contributed by atoms with Gasteiger partial charge in [-0.3, -0.25) is 0 Å². The summed E-state index contributed by atoms with van der Waals surface area (Å²) < 4.78 is 21.3. The van der Waals surface area contributed by atoms with E-state index >= 15 is 0 Å². The number of H-pyrrole nitrogens is 1. The third-order valence-electron chi connectivity index (χ3n) is 4.23. The van der Waals surface area contributed by atoms with Gasteiger partial charge >= 0.3 is 0 Å². The van der Waals surface area contributed by atoms with Gasteiger partial charge in [0, 0.05) is 24.2 Å². The van der Waals surface area contributed by atoms with Gasteiger partial charge in [0.1, 0.15) is 30.3 Å². The Bertz CT molecular complexity index is 866. The number of aliphatic hydroxyl groups excluding tert-OH is 3. The molecule has 4 N–H and O–H groups in total. The number of aromatic nitrogens is 4. The molecule has 3 aromatic rings. The van der Waals surface area contributed by atoms with Crippen LogP contribution in [-0.2, 0) is 4.74 Å². The maximum atomic E-state index is 14.6. The largest absolute Gasteiger partial charge is 0.394 e. The first-order chi connectivity index (χ1) is 11.6. The van der Waals surface area contributed by atoms with Crippen molar-refractivity contribution in [1.29, 1.82) is 0 Å². The van der Waals surface area contributed by atoms with Gasteiger partial charge in [-0.05, 0) is 6.07 Å². The second-order valence-electron chi connectivity index (χ2n) is 5.63. The number of hydrogen-bond acceptors (Lipinski definition) is 6. The Labute approximate surface area is 135 Å². The summed E-state index contributed by atoms with van der Waals surface area (Å²) in [6, 6.07) is 1.75. The molecule has 4 heterocycles. The second kappa shape index (κ2) is 5.64. The second-order valence-corrected chi connectivity index (χ2v) is 5.63. The lowest BCUT2D eigenvalue weighted by molar-refractivity contribution is -0.0510. The van der Waals surface area contributed by atoms with Crippen LogP contribution in [0.15, 0.2) is 31.0 Å². The van der Waals surface area contributed by atoms with Crippen molar-refractivity contribution >= 4 is 11.0 Å². The number of halogens is 1. The van der Waals surface area contributed by atoms with Gasteiger partial charge in [0.2, 0.25) is 0 Å². The maximum absolute atomic E-state index is 14.6. The Morgan fingerprint density at radius 2 is 2.12 bits per heavy atom. The number of ether oxygens (including phenoxy) is 1. The first-order valence-corrected chi connectivity index (χ1v) is 7.38. The SMILES string of the molecule is OC[C@H]1O[C@@H](n2cc(F)c3c(-c4cc[nH]c4)ncnc32)[C@@H](O)C1O. The van der Waals surface area contributed by atoms with Crippen LogP contribution >= 0.6 is 0 Å². The lowest BCUT2D eigenvalue weighted by Gasteiger charge is -2.17. The topological polar surface area (TPSA) is 116 Å². The average Bonchev–Trinajstić information content (AvgIpc) is 3.29. The Kier molecular flexibility index (Phi) is 3.57. The molecule has 8 nitrogen and oxygen atoms in total. The summed E-state index contributed by atoms with van der Waals surface area (Å²) in [5, 5.41) is 29.4. The molecular formula is C15H15FN4O4. The minimum atomic E-state index is -1.32. The van der Waals surface area contributed by atoms with Crippen molar-refractivity contribution in [1.82, 2.24) is 19.5 Å². The first-order valence-electron chi connectivity index (χ1n) is 7.38. The highest BCUT2D eigenvalue weighted by atomic mass is 19.1. The van der Waals surface area contributed by atoms with Crippen LogP contribution in [0.5, 0.6) is 0 Å². The summed E-state index contributed by atoms with van der Waals surface area (Å²) in [4.78, 5) is 11.1. The normalized spacial score (nSPS) is 27.2. The number of nitrogens with zero attached hydrogens (tertiary/aromatic N) is 3. The molecule has 0 radical (unpaired) electrons. The summed E-state index contributed by atoms with van der Waals surface area (Å²) >= 11 is 0. The zero-order valence-corrected chi connectivity index (χ0v) is 12.4.